The maximum absolute atomic E-state index is 13.1. The summed E-state index contributed by atoms with van der Waals surface area (Å²) in [4.78, 5) is 15.9. The molecule has 0 saturated heterocycles. The van der Waals surface area contributed by atoms with E-state index in [1.807, 2.05) is 10.8 Å². The Morgan fingerprint density at radius 3 is 2.50 bits per heavy atom. The monoisotopic (exact) mass is 460 g/mol. The fourth-order valence-electron chi connectivity index (χ4n) is 2.97. The van der Waals surface area contributed by atoms with Crippen molar-refractivity contribution in [3.63, 3.8) is 0 Å². The highest BCUT2D eigenvalue weighted by Crippen LogP contribution is 2.23. The molecule has 0 atom stereocenters. The van der Waals surface area contributed by atoms with Crippen LogP contribution < -0.4 is 14.4 Å². The molecule has 1 amide bonds. The van der Waals surface area contributed by atoms with Crippen LogP contribution in [0.25, 0.3) is 0 Å². The van der Waals surface area contributed by atoms with E-state index < -0.39 is 10.0 Å². The van der Waals surface area contributed by atoms with E-state index in [9.17, 15) is 17.6 Å². The minimum absolute atomic E-state index is 0.0702. The molecule has 1 aromatic heterocycles. The zero-order valence-electron chi connectivity index (χ0n) is 17.6. The number of carbonyl (C=O) groups excluding carboxylic acids is 1. The first-order valence-electron chi connectivity index (χ1n) is 9.99. The smallest absolute Gasteiger partial charge is 0.257 e. The van der Waals surface area contributed by atoms with Gasteiger partial charge in [-0.3, -0.25) is 9.10 Å². The second kappa shape index (κ2) is 10.8. The van der Waals surface area contributed by atoms with Crippen LogP contribution in [0.1, 0.15) is 12.0 Å². The molecule has 0 bridgehead atoms. The number of hydrogen-bond acceptors (Lipinski definition) is 5. The molecule has 170 valence electrons. The number of carbonyl (C=O) groups is 1. The molecule has 3 aromatic rings. The van der Waals surface area contributed by atoms with E-state index in [1.54, 1.807) is 48.9 Å². The van der Waals surface area contributed by atoms with Crippen LogP contribution >= 0.6 is 0 Å². The topological polar surface area (TPSA) is 93.5 Å². The lowest BCUT2D eigenvalue weighted by Gasteiger charge is -2.22. The number of aromatic nitrogens is 2. The lowest BCUT2D eigenvalue weighted by atomic mass is 10.2. The van der Waals surface area contributed by atoms with Gasteiger partial charge in [0, 0.05) is 25.5 Å². The number of sulfonamides is 1. The highest BCUT2D eigenvalue weighted by atomic mass is 32.2. The van der Waals surface area contributed by atoms with E-state index in [-0.39, 0.29) is 24.9 Å². The van der Waals surface area contributed by atoms with Gasteiger partial charge >= 0.3 is 0 Å². The summed E-state index contributed by atoms with van der Waals surface area (Å²) in [6, 6.07) is 12.1. The lowest BCUT2D eigenvalue weighted by Crippen LogP contribution is -2.30. The molecule has 1 N–H and O–H groups in total. The van der Waals surface area contributed by atoms with Crippen LogP contribution in [0.2, 0.25) is 0 Å². The van der Waals surface area contributed by atoms with Crippen LogP contribution in [-0.4, -0.2) is 43.3 Å². The van der Waals surface area contributed by atoms with Gasteiger partial charge in [0.2, 0.25) is 10.0 Å². The van der Waals surface area contributed by atoms with E-state index >= 15 is 0 Å². The van der Waals surface area contributed by atoms with Crippen molar-refractivity contribution in [2.45, 2.75) is 19.5 Å². The zero-order chi connectivity index (χ0) is 23.0. The number of aryl methyl sites for hydroxylation is 1. The number of imidazole rings is 1. The molecular weight excluding hydrogens is 435 g/mol. The standard InChI is InChI=1S/C22H25FN4O4S/c1-32(29,30)27(15-18-3-5-19(23)6-4-18)20-7-9-21(10-8-20)31-16-22(28)25-11-2-13-26-14-12-24-17-26/h3-10,12,14,17H,2,11,13,15-16H2,1H3,(H,25,28). The summed E-state index contributed by atoms with van der Waals surface area (Å²) in [6.07, 6.45) is 7.16. The maximum atomic E-state index is 13.1. The molecule has 0 unspecified atom stereocenters. The summed E-state index contributed by atoms with van der Waals surface area (Å²) in [6.45, 7) is 1.21. The van der Waals surface area contributed by atoms with Crippen molar-refractivity contribution in [2.24, 2.45) is 0 Å². The third kappa shape index (κ3) is 7.09. The average Bonchev–Trinajstić information content (AvgIpc) is 3.28. The van der Waals surface area contributed by atoms with Crippen molar-refractivity contribution < 1.29 is 22.3 Å². The summed E-state index contributed by atoms with van der Waals surface area (Å²) in [7, 11) is -3.57. The number of rotatable bonds is 11. The van der Waals surface area contributed by atoms with Crippen LogP contribution in [0.3, 0.4) is 0 Å². The summed E-state index contributed by atoms with van der Waals surface area (Å²) < 4.78 is 46.3. The van der Waals surface area contributed by atoms with Crippen molar-refractivity contribution in [3.05, 3.63) is 78.6 Å². The van der Waals surface area contributed by atoms with E-state index in [1.165, 1.54) is 16.4 Å². The van der Waals surface area contributed by atoms with Gasteiger partial charge in [-0.15, -0.1) is 0 Å². The molecule has 0 aliphatic carbocycles. The summed E-state index contributed by atoms with van der Waals surface area (Å²) in [5.41, 5.74) is 1.09. The molecule has 1 heterocycles. The Morgan fingerprint density at radius 1 is 1.16 bits per heavy atom. The first-order chi connectivity index (χ1) is 15.3. The fourth-order valence-corrected chi connectivity index (χ4v) is 3.86. The van der Waals surface area contributed by atoms with Gasteiger partial charge < -0.3 is 14.6 Å². The molecule has 0 aliphatic heterocycles. The second-order valence-electron chi connectivity index (χ2n) is 7.18. The Bertz CT molecular complexity index is 1100. The lowest BCUT2D eigenvalue weighted by molar-refractivity contribution is -0.123. The number of nitrogens with zero attached hydrogens (tertiary/aromatic N) is 3. The molecule has 10 heteroatoms. The van der Waals surface area contributed by atoms with Crippen molar-refractivity contribution in [3.8, 4) is 5.75 Å². The van der Waals surface area contributed by atoms with Gasteiger partial charge in [-0.05, 0) is 48.4 Å². The van der Waals surface area contributed by atoms with Gasteiger partial charge in [0.25, 0.3) is 5.91 Å². The average molecular weight is 461 g/mol. The van der Waals surface area contributed by atoms with Gasteiger partial charge in [-0.1, -0.05) is 12.1 Å². The Labute approximate surface area is 186 Å². The summed E-state index contributed by atoms with van der Waals surface area (Å²) >= 11 is 0. The zero-order valence-corrected chi connectivity index (χ0v) is 18.5. The Kier molecular flexibility index (Phi) is 7.82. The molecule has 0 fully saturated rings. The number of anilines is 1. The highest BCUT2D eigenvalue weighted by molar-refractivity contribution is 7.92. The molecular formula is C22H25FN4O4S. The maximum Gasteiger partial charge on any atom is 0.257 e. The number of nitrogens with one attached hydrogen (secondary N) is 1. The minimum Gasteiger partial charge on any atom is -0.484 e. The number of halogens is 1. The molecule has 0 spiro atoms. The molecule has 0 aliphatic rings. The number of benzene rings is 2. The predicted octanol–water partition coefficient (Wildman–Crippen LogP) is 2.57. The summed E-state index contributed by atoms with van der Waals surface area (Å²) in [5.74, 6) is -0.185. The van der Waals surface area contributed by atoms with E-state index in [0.29, 0.717) is 23.5 Å². The number of amides is 1. The Hall–Kier alpha value is -3.40. The minimum atomic E-state index is -3.57. The van der Waals surface area contributed by atoms with Crippen molar-refractivity contribution in [1.82, 2.24) is 14.9 Å². The molecule has 2 aromatic carbocycles. The van der Waals surface area contributed by atoms with Crippen LogP contribution in [0.15, 0.2) is 67.3 Å². The quantitative estimate of drug-likeness (QED) is 0.444. The van der Waals surface area contributed by atoms with E-state index in [0.717, 1.165) is 19.2 Å². The second-order valence-corrected chi connectivity index (χ2v) is 9.09. The van der Waals surface area contributed by atoms with Crippen molar-refractivity contribution in [1.29, 1.82) is 0 Å². The fraction of sp³-hybridized carbons (Fsp3) is 0.273. The van der Waals surface area contributed by atoms with Gasteiger partial charge in [0.15, 0.2) is 6.61 Å². The molecule has 8 nitrogen and oxygen atoms in total. The van der Waals surface area contributed by atoms with Gasteiger partial charge in [0.1, 0.15) is 11.6 Å². The largest absolute Gasteiger partial charge is 0.484 e. The molecule has 3 rings (SSSR count). The van der Waals surface area contributed by atoms with Crippen LogP contribution in [0, 0.1) is 5.82 Å². The Balaban J connectivity index is 1.50. The third-order valence-corrected chi connectivity index (χ3v) is 5.75. The molecule has 0 saturated carbocycles. The SMILES string of the molecule is CS(=O)(=O)N(Cc1ccc(F)cc1)c1ccc(OCC(=O)NCCCn2ccnc2)cc1. The predicted molar refractivity (Wildman–Crippen MR) is 119 cm³/mol. The van der Waals surface area contributed by atoms with Crippen molar-refractivity contribution in [2.75, 3.05) is 23.7 Å². The third-order valence-electron chi connectivity index (χ3n) is 4.61. The van der Waals surface area contributed by atoms with E-state index in [4.69, 9.17) is 4.74 Å². The first-order valence-corrected chi connectivity index (χ1v) is 11.8. The van der Waals surface area contributed by atoms with E-state index in [2.05, 4.69) is 10.3 Å². The molecule has 0 radical (unpaired) electrons. The summed E-state index contributed by atoms with van der Waals surface area (Å²) in [5, 5.41) is 2.78. The highest BCUT2D eigenvalue weighted by Gasteiger charge is 2.18. The van der Waals surface area contributed by atoms with Gasteiger partial charge in [0.05, 0.1) is 24.8 Å². The first kappa shape index (κ1) is 23.3. The van der Waals surface area contributed by atoms with Gasteiger partial charge in [-0.25, -0.2) is 17.8 Å². The molecule has 32 heavy (non-hydrogen) atoms. The van der Waals surface area contributed by atoms with Crippen LogP contribution in [0.4, 0.5) is 10.1 Å². The number of hydrogen-bond donors (Lipinski definition) is 1. The van der Waals surface area contributed by atoms with Gasteiger partial charge in [-0.2, -0.15) is 0 Å². The number of ether oxygens (including phenoxy) is 1. The van der Waals surface area contributed by atoms with Crippen LogP contribution in [-0.2, 0) is 27.9 Å². The normalized spacial score (nSPS) is 11.2. The van der Waals surface area contributed by atoms with Crippen molar-refractivity contribution >= 4 is 21.6 Å². The van der Waals surface area contributed by atoms with Crippen LogP contribution in [0.5, 0.6) is 5.75 Å². The Morgan fingerprint density at radius 2 is 1.88 bits per heavy atom.